The van der Waals surface area contributed by atoms with Gasteiger partial charge in [-0.05, 0) is 37.3 Å². The van der Waals surface area contributed by atoms with Gasteiger partial charge in [-0.1, -0.05) is 0 Å². The Balaban J connectivity index is 2.13. The third kappa shape index (κ3) is 2.75. The molecule has 0 fully saturated rings. The van der Waals surface area contributed by atoms with E-state index in [0.717, 1.165) is 16.6 Å². The number of hydrogen-bond acceptors (Lipinski definition) is 5. The van der Waals surface area contributed by atoms with E-state index in [9.17, 15) is 0 Å². The Morgan fingerprint density at radius 3 is 2.39 bits per heavy atom. The predicted molar refractivity (Wildman–Crippen MR) is 90.2 cm³/mol. The Labute approximate surface area is 134 Å². The smallest absolute Gasteiger partial charge is 0.203 e. The maximum atomic E-state index is 5.81. The van der Waals surface area contributed by atoms with Crippen molar-refractivity contribution < 1.29 is 14.2 Å². The average Bonchev–Trinajstić information content (AvgIpc) is 2.98. The van der Waals surface area contributed by atoms with Gasteiger partial charge in [0.2, 0.25) is 5.75 Å². The number of benzene rings is 2. The average molecular weight is 313 g/mol. The minimum atomic E-state index is 0.524. The topological polar surface area (TPSA) is 82.4 Å². The van der Waals surface area contributed by atoms with E-state index < -0.39 is 0 Å². The zero-order valence-corrected chi connectivity index (χ0v) is 13.3. The van der Waals surface area contributed by atoms with Crippen LogP contribution in [0.5, 0.6) is 17.2 Å². The molecular weight excluding hydrogens is 294 g/mol. The lowest BCUT2D eigenvalue weighted by atomic mass is 10.1. The van der Waals surface area contributed by atoms with Crippen LogP contribution in [0.3, 0.4) is 0 Å². The molecule has 0 unspecified atom stereocenters. The Morgan fingerprint density at radius 2 is 1.78 bits per heavy atom. The van der Waals surface area contributed by atoms with Gasteiger partial charge in [0.05, 0.1) is 31.9 Å². The van der Waals surface area contributed by atoms with Gasteiger partial charge in [0.25, 0.3) is 0 Å². The van der Waals surface area contributed by atoms with Crippen LogP contribution in [0, 0.1) is 0 Å². The second-order valence-electron chi connectivity index (χ2n) is 5.00. The van der Waals surface area contributed by atoms with Gasteiger partial charge < -0.3 is 24.9 Å². The van der Waals surface area contributed by atoms with E-state index in [-0.39, 0.29) is 0 Å². The number of nitrogens with zero attached hydrogens (tertiary/aromatic N) is 1. The first-order chi connectivity index (χ1) is 11.2. The van der Waals surface area contributed by atoms with Gasteiger partial charge >= 0.3 is 0 Å². The number of aromatic amines is 1. The Bertz CT molecular complexity index is 817. The van der Waals surface area contributed by atoms with Gasteiger partial charge in [-0.25, -0.2) is 4.98 Å². The Hall–Kier alpha value is -2.89. The third-order valence-electron chi connectivity index (χ3n) is 3.53. The molecule has 0 bridgehead atoms. The monoisotopic (exact) mass is 313 g/mol. The maximum Gasteiger partial charge on any atom is 0.203 e. The molecule has 1 heterocycles. The van der Waals surface area contributed by atoms with Crippen LogP contribution in [0.1, 0.15) is 6.92 Å². The Kier molecular flexibility index (Phi) is 3.97. The molecule has 120 valence electrons. The van der Waals surface area contributed by atoms with Crippen molar-refractivity contribution in [2.45, 2.75) is 6.92 Å². The molecule has 0 radical (unpaired) electrons. The van der Waals surface area contributed by atoms with Gasteiger partial charge in [-0.2, -0.15) is 0 Å². The van der Waals surface area contributed by atoms with Crippen molar-refractivity contribution in [3.05, 3.63) is 30.3 Å². The molecule has 3 aromatic rings. The molecule has 0 aliphatic rings. The summed E-state index contributed by atoms with van der Waals surface area (Å²) in [6, 6.07) is 9.30. The predicted octanol–water partition coefficient (Wildman–Crippen LogP) is 3.23. The first-order valence-corrected chi connectivity index (χ1v) is 7.30. The number of methoxy groups -OCH3 is 2. The molecule has 6 nitrogen and oxygen atoms in total. The number of nitrogen functional groups attached to an aromatic ring is 1. The Morgan fingerprint density at radius 1 is 1.09 bits per heavy atom. The van der Waals surface area contributed by atoms with Crippen LogP contribution in [0.25, 0.3) is 22.4 Å². The summed E-state index contributed by atoms with van der Waals surface area (Å²) in [6.07, 6.45) is 0. The highest BCUT2D eigenvalue weighted by atomic mass is 16.5. The summed E-state index contributed by atoms with van der Waals surface area (Å²) in [4.78, 5) is 7.85. The van der Waals surface area contributed by atoms with Crippen LogP contribution in [-0.2, 0) is 0 Å². The second kappa shape index (κ2) is 6.08. The lowest BCUT2D eigenvalue weighted by Gasteiger charge is -2.14. The summed E-state index contributed by atoms with van der Waals surface area (Å²) < 4.78 is 16.5. The largest absolute Gasteiger partial charge is 0.493 e. The zero-order valence-electron chi connectivity index (χ0n) is 13.3. The fraction of sp³-hybridized carbons (Fsp3) is 0.235. The molecule has 6 heteroatoms. The molecule has 1 aromatic heterocycles. The van der Waals surface area contributed by atoms with Gasteiger partial charge in [-0.3, -0.25) is 0 Å². The number of aromatic nitrogens is 2. The van der Waals surface area contributed by atoms with Crippen LogP contribution in [0.4, 0.5) is 5.69 Å². The van der Waals surface area contributed by atoms with Crippen molar-refractivity contribution >= 4 is 16.7 Å². The number of ether oxygens (including phenoxy) is 3. The van der Waals surface area contributed by atoms with E-state index in [2.05, 4.69) is 9.97 Å². The van der Waals surface area contributed by atoms with E-state index in [4.69, 9.17) is 19.9 Å². The van der Waals surface area contributed by atoms with Crippen molar-refractivity contribution in [1.29, 1.82) is 0 Å². The summed E-state index contributed by atoms with van der Waals surface area (Å²) >= 11 is 0. The van der Waals surface area contributed by atoms with E-state index in [1.54, 1.807) is 14.2 Å². The number of fused-ring (bicyclic) bond motifs is 1. The molecule has 3 rings (SSSR count). The second-order valence-corrected chi connectivity index (χ2v) is 5.00. The van der Waals surface area contributed by atoms with Gasteiger partial charge in [0, 0.05) is 11.3 Å². The standard InChI is InChI=1S/C17H19N3O3/c1-4-23-16-14(21-2)7-10(8-15(16)22-3)17-19-12-6-5-11(18)9-13(12)20-17/h5-9H,4,18H2,1-3H3,(H,19,20). The number of H-pyrrole nitrogens is 1. The number of rotatable bonds is 5. The highest BCUT2D eigenvalue weighted by Gasteiger charge is 2.16. The molecule has 0 amide bonds. The summed E-state index contributed by atoms with van der Waals surface area (Å²) in [5, 5.41) is 0. The van der Waals surface area contributed by atoms with Crippen molar-refractivity contribution in [2.24, 2.45) is 0 Å². The summed E-state index contributed by atoms with van der Waals surface area (Å²) in [7, 11) is 3.20. The van der Waals surface area contributed by atoms with Gasteiger partial charge in [0.15, 0.2) is 11.5 Å². The van der Waals surface area contributed by atoms with Crippen molar-refractivity contribution in [2.75, 3.05) is 26.6 Å². The fourth-order valence-corrected chi connectivity index (χ4v) is 2.47. The van der Waals surface area contributed by atoms with Crippen LogP contribution < -0.4 is 19.9 Å². The maximum absolute atomic E-state index is 5.81. The minimum absolute atomic E-state index is 0.524. The molecule has 0 spiro atoms. The number of anilines is 1. The first-order valence-electron chi connectivity index (χ1n) is 7.30. The minimum Gasteiger partial charge on any atom is -0.493 e. The summed E-state index contributed by atoms with van der Waals surface area (Å²) in [5.41, 5.74) is 9.08. The van der Waals surface area contributed by atoms with Crippen molar-refractivity contribution in [1.82, 2.24) is 9.97 Å². The van der Waals surface area contributed by atoms with Gasteiger partial charge in [0.1, 0.15) is 5.82 Å². The molecule has 2 aromatic carbocycles. The van der Waals surface area contributed by atoms with Crippen LogP contribution in [0.15, 0.2) is 30.3 Å². The fourth-order valence-electron chi connectivity index (χ4n) is 2.47. The van der Waals surface area contributed by atoms with E-state index in [1.807, 2.05) is 37.3 Å². The van der Waals surface area contributed by atoms with E-state index in [1.165, 1.54) is 0 Å². The highest BCUT2D eigenvalue weighted by Crippen LogP contribution is 2.41. The summed E-state index contributed by atoms with van der Waals surface area (Å²) in [6.45, 7) is 2.44. The molecule has 0 atom stereocenters. The summed E-state index contributed by atoms with van der Waals surface area (Å²) in [5.74, 6) is 2.49. The van der Waals surface area contributed by atoms with Gasteiger partial charge in [-0.15, -0.1) is 0 Å². The zero-order chi connectivity index (χ0) is 16.4. The van der Waals surface area contributed by atoms with Crippen molar-refractivity contribution in [3.8, 4) is 28.6 Å². The third-order valence-corrected chi connectivity index (χ3v) is 3.53. The molecule has 0 aliphatic carbocycles. The number of nitrogens with one attached hydrogen (secondary N) is 1. The van der Waals surface area contributed by atoms with Crippen molar-refractivity contribution in [3.63, 3.8) is 0 Å². The number of hydrogen-bond donors (Lipinski definition) is 2. The molecule has 0 saturated carbocycles. The number of nitrogens with two attached hydrogens (primary N) is 1. The lowest BCUT2D eigenvalue weighted by molar-refractivity contribution is 0.288. The molecular formula is C17H19N3O3. The van der Waals surface area contributed by atoms with Crippen LogP contribution >= 0.6 is 0 Å². The number of imidazole rings is 1. The normalized spacial score (nSPS) is 10.7. The SMILES string of the molecule is CCOc1c(OC)cc(-c2nc3ccc(N)cc3[nH]2)cc1OC. The van der Waals surface area contributed by atoms with Crippen LogP contribution in [0.2, 0.25) is 0 Å². The molecule has 23 heavy (non-hydrogen) atoms. The quantitative estimate of drug-likeness (QED) is 0.707. The highest BCUT2D eigenvalue weighted by molar-refractivity contribution is 5.83. The molecule has 0 aliphatic heterocycles. The lowest BCUT2D eigenvalue weighted by Crippen LogP contribution is -1.99. The van der Waals surface area contributed by atoms with E-state index in [0.29, 0.717) is 35.4 Å². The van der Waals surface area contributed by atoms with E-state index >= 15 is 0 Å². The first kappa shape index (κ1) is 15.0. The van der Waals surface area contributed by atoms with Crippen LogP contribution in [-0.4, -0.2) is 30.8 Å². The molecule has 3 N–H and O–H groups in total. The molecule has 0 saturated heterocycles.